The van der Waals surface area contributed by atoms with Crippen LogP contribution in [0.2, 0.25) is 0 Å². The molecule has 2 aromatic carbocycles. The molecule has 0 aliphatic heterocycles. The summed E-state index contributed by atoms with van der Waals surface area (Å²) in [4.78, 5) is 0. The van der Waals surface area contributed by atoms with Crippen molar-refractivity contribution in [3.8, 4) is 5.75 Å². The van der Waals surface area contributed by atoms with Gasteiger partial charge in [-0.15, -0.1) is 0 Å². The van der Waals surface area contributed by atoms with Crippen LogP contribution in [0.15, 0.2) is 53.0 Å². The van der Waals surface area contributed by atoms with E-state index in [2.05, 4.69) is 67.0 Å². The molecule has 106 valence electrons. The van der Waals surface area contributed by atoms with Gasteiger partial charge in [-0.2, -0.15) is 0 Å². The quantitative estimate of drug-likeness (QED) is 0.680. The molecule has 0 unspecified atom stereocenters. The summed E-state index contributed by atoms with van der Waals surface area (Å²) in [6.45, 7) is 7.34. The summed E-state index contributed by atoms with van der Waals surface area (Å²) >= 11 is 3.62. The third kappa shape index (κ3) is 3.63. The van der Waals surface area contributed by atoms with Crippen LogP contribution in [0.5, 0.6) is 5.75 Å². The van der Waals surface area contributed by atoms with Gasteiger partial charge in [0, 0.05) is 0 Å². The lowest BCUT2D eigenvalue weighted by Crippen LogP contribution is -2.15. The van der Waals surface area contributed by atoms with E-state index < -0.39 is 0 Å². The van der Waals surface area contributed by atoms with Gasteiger partial charge in [0.25, 0.3) is 0 Å². The maximum atomic E-state index is 5.88. The normalized spacial score (nSPS) is 11.4. The molecule has 0 aliphatic rings. The average Bonchev–Trinajstić information content (AvgIpc) is 2.47. The summed E-state index contributed by atoms with van der Waals surface area (Å²) in [5.74, 6) is 0.893. The Morgan fingerprint density at radius 3 is 2.35 bits per heavy atom. The van der Waals surface area contributed by atoms with E-state index in [0.29, 0.717) is 6.61 Å². The van der Waals surface area contributed by atoms with E-state index in [0.717, 1.165) is 16.6 Å². The van der Waals surface area contributed by atoms with E-state index in [9.17, 15) is 0 Å². The smallest absolute Gasteiger partial charge is 0.134 e. The molecule has 20 heavy (non-hydrogen) atoms. The number of benzene rings is 2. The second-order valence-electron chi connectivity index (χ2n) is 5.66. The number of hydrogen-bond acceptors (Lipinski definition) is 1. The van der Waals surface area contributed by atoms with Crippen molar-refractivity contribution < 1.29 is 4.74 Å². The Morgan fingerprint density at radius 1 is 1.05 bits per heavy atom. The second kappa shape index (κ2) is 6.45. The van der Waals surface area contributed by atoms with Crippen LogP contribution in [0.3, 0.4) is 0 Å². The third-order valence-electron chi connectivity index (χ3n) is 3.83. The van der Waals surface area contributed by atoms with Gasteiger partial charge < -0.3 is 4.74 Å². The lowest BCUT2D eigenvalue weighted by molar-refractivity contribution is 0.304. The van der Waals surface area contributed by atoms with Crippen molar-refractivity contribution >= 4 is 15.9 Å². The Morgan fingerprint density at radius 2 is 1.75 bits per heavy atom. The van der Waals surface area contributed by atoms with E-state index in [1.165, 1.54) is 11.1 Å². The highest BCUT2D eigenvalue weighted by Gasteiger charge is 2.19. The topological polar surface area (TPSA) is 9.23 Å². The molecule has 0 N–H and O–H groups in total. The van der Waals surface area contributed by atoms with E-state index >= 15 is 0 Å². The zero-order valence-electron chi connectivity index (χ0n) is 12.3. The molecule has 0 aliphatic carbocycles. The van der Waals surface area contributed by atoms with E-state index in [1.807, 2.05) is 18.2 Å². The highest BCUT2D eigenvalue weighted by Crippen LogP contribution is 2.33. The van der Waals surface area contributed by atoms with Gasteiger partial charge in [0.05, 0.1) is 4.47 Å². The first kappa shape index (κ1) is 15.1. The number of halogens is 1. The predicted molar refractivity (Wildman–Crippen MR) is 88.2 cm³/mol. The van der Waals surface area contributed by atoms with Crippen molar-refractivity contribution in [2.75, 3.05) is 0 Å². The van der Waals surface area contributed by atoms with Crippen LogP contribution in [0.1, 0.15) is 38.3 Å². The molecule has 0 radical (unpaired) electrons. The number of hydrogen-bond donors (Lipinski definition) is 0. The molecule has 0 saturated heterocycles. The lowest BCUT2D eigenvalue weighted by Gasteiger charge is -2.24. The summed E-state index contributed by atoms with van der Waals surface area (Å²) < 4.78 is 6.90. The first-order chi connectivity index (χ1) is 9.53. The van der Waals surface area contributed by atoms with Gasteiger partial charge in [-0.3, -0.25) is 0 Å². The highest BCUT2D eigenvalue weighted by atomic mass is 79.9. The van der Waals surface area contributed by atoms with E-state index in [4.69, 9.17) is 4.74 Å². The molecule has 0 fully saturated rings. The zero-order valence-corrected chi connectivity index (χ0v) is 13.9. The highest BCUT2D eigenvalue weighted by molar-refractivity contribution is 9.10. The largest absolute Gasteiger partial charge is 0.488 e. The van der Waals surface area contributed by atoms with Crippen LogP contribution in [0, 0.1) is 0 Å². The molecular formula is C18H21BrO. The molecule has 2 heteroatoms. The van der Waals surface area contributed by atoms with Crippen LogP contribution >= 0.6 is 15.9 Å². The van der Waals surface area contributed by atoms with Gasteiger partial charge in [-0.25, -0.2) is 0 Å². The Balaban J connectivity index is 2.11. The SMILES string of the molecule is CCC(C)(C)c1ccc(OCc2ccccc2)c(Br)c1. The predicted octanol–water partition coefficient (Wildman–Crippen LogP) is 5.72. The van der Waals surface area contributed by atoms with Crippen LogP contribution in [-0.4, -0.2) is 0 Å². The fourth-order valence-electron chi connectivity index (χ4n) is 1.98. The maximum Gasteiger partial charge on any atom is 0.134 e. The molecule has 1 nitrogen and oxygen atoms in total. The van der Waals surface area contributed by atoms with Gasteiger partial charge in [0.15, 0.2) is 0 Å². The fourth-order valence-corrected chi connectivity index (χ4v) is 2.47. The van der Waals surface area contributed by atoms with Gasteiger partial charge in [-0.05, 0) is 51.0 Å². The van der Waals surface area contributed by atoms with E-state index in [-0.39, 0.29) is 5.41 Å². The third-order valence-corrected chi connectivity index (χ3v) is 4.45. The standard InChI is InChI=1S/C18H21BrO/c1-4-18(2,3)15-10-11-17(16(19)12-15)20-13-14-8-6-5-7-9-14/h5-12H,4,13H2,1-3H3. The average molecular weight is 333 g/mol. The molecule has 0 saturated carbocycles. The first-order valence-corrected chi connectivity index (χ1v) is 7.79. The maximum absolute atomic E-state index is 5.88. The van der Waals surface area contributed by atoms with Crippen molar-refractivity contribution in [1.82, 2.24) is 0 Å². The minimum absolute atomic E-state index is 0.195. The minimum Gasteiger partial charge on any atom is -0.488 e. The Hall–Kier alpha value is -1.28. The molecule has 0 spiro atoms. The van der Waals surface area contributed by atoms with Crippen molar-refractivity contribution in [3.05, 3.63) is 64.1 Å². The van der Waals surface area contributed by atoms with Crippen LogP contribution in [-0.2, 0) is 12.0 Å². The summed E-state index contributed by atoms with van der Waals surface area (Å²) in [5, 5.41) is 0. The van der Waals surface area contributed by atoms with Crippen molar-refractivity contribution in [2.24, 2.45) is 0 Å². The molecular weight excluding hydrogens is 312 g/mol. The van der Waals surface area contributed by atoms with Crippen LogP contribution in [0.4, 0.5) is 0 Å². The second-order valence-corrected chi connectivity index (χ2v) is 6.51. The number of ether oxygens (including phenoxy) is 1. The summed E-state index contributed by atoms with van der Waals surface area (Å²) in [5.41, 5.74) is 2.71. The lowest BCUT2D eigenvalue weighted by atomic mass is 9.82. The monoisotopic (exact) mass is 332 g/mol. The molecule has 0 aromatic heterocycles. The van der Waals surface area contributed by atoms with Crippen molar-refractivity contribution in [1.29, 1.82) is 0 Å². The molecule has 0 amide bonds. The summed E-state index contributed by atoms with van der Waals surface area (Å²) in [6, 6.07) is 16.6. The molecule has 0 atom stereocenters. The fraction of sp³-hybridized carbons (Fsp3) is 0.333. The molecule has 0 heterocycles. The Kier molecular flexibility index (Phi) is 4.87. The van der Waals surface area contributed by atoms with Gasteiger partial charge in [0.1, 0.15) is 12.4 Å². The van der Waals surface area contributed by atoms with Crippen molar-refractivity contribution in [2.45, 2.75) is 39.2 Å². The minimum atomic E-state index is 0.195. The van der Waals surface area contributed by atoms with Crippen LogP contribution < -0.4 is 4.74 Å². The molecule has 0 bridgehead atoms. The first-order valence-electron chi connectivity index (χ1n) is 6.99. The van der Waals surface area contributed by atoms with Gasteiger partial charge >= 0.3 is 0 Å². The number of rotatable bonds is 5. The van der Waals surface area contributed by atoms with E-state index in [1.54, 1.807) is 0 Å². The molecule has 2 aromatic rings. The summed E-state index contributed by atoms with van der Waals surface area (Å²) in [7, 11) is 0. The molecule has 2 rings (SSSR count). The summed E-state index contributed by atoms with van der Waals surface area (Å²) in [6.07, 6.45) is 1.11. The van der Waals surface area contributed by atoms with Crippen LogP contribution in [0.25, 0.3) is 0 Å². The zero-order chi connectivity index (χ0) is 14.6. The van der Waals surface area contributed by atoms with Gasteiger partial charge in [0.2, 0.25) is 0 Å². The Labute approximate surface area is 130 Å². The Bertz CT molecular complexity index is 561. The van der Waals surface area contributed by atoms with Crippen molar-refractivity contribution in [3.63, 3.8) is 0 Å². The van der Waals surface area contributed by atoms with Gasteiger partial charge in [-0.1, -0.05) is 57.2 Å².